The molecule has 2 rings (SSSR count). The number of amidine groups is 1. The highest BCUT2D eigenvalue weighted by molar-refractivity contribution is 8.03. The number of alkyl halides is 1. The first-order valence-corrected chi connectivity index (χ1v) is 10.9. The van der Waals surface area contributed by atoms with Gasteiger partial charge in [-0.15, -0.1) is 23.4 Å². The Bertz CT molecular complexity index is 587. The van der Waals surface area contributed by atoms with Gasteiger partial charge in [0.05, 0.1) is 41.5 Å². The lowest BCUT2D eigenvalue weighted by Gasteiger charge is -2.17. The summed E-state index contributed by atoms with van der Waals surface area (Å²) in [5.41, 5.74) is 1.36. The summed E-state index contributed by atoms with van der Waals surface area (Å²) in [6, 6.07) is -0.601. The Morgan fingerprint density at radius 3 is 2.70 bits per heavy atom. The van der Waals surface area contributed by atoms with Crippen molar-refractivity contribution in [1.82, 2.24) is 5.32 Å². The number of ether oxygens (including phenoxy) is 1. The zero-order valence-corrected chi connectivity index (χ0v) is 17.4. The molecule has 0 amide bonds. The summed E-state index contributed by atoms with van der Waals surface area (Å²) in [6.07, 6.45) is 0.0117. The van der Waals surface area contributed by atoms with Gasteiger partial charge in [-0.25, -0.2) is 0 Å². The summed E-state index contributed by atoms with van der Waals surface area (Å²) in [7, 11) is 0. The van der Waals surface area contributed by atoms with Crippen LogP contribution in [0.15, 0.2) is 15.6 Å². The molecule has 0 bridgehead atoms. The van der Waals surface area contributed by atoms with Crippen LogP contribution >= 0.6 is 23.4 Å². The first-order valence-electron chi connectivity index (χ1n) is 9.43. The van der Waals surface area contributed by atoms with Crippen LogP contribution in [0.1, 0.15) is 39.5 Å². The maximum Gasteiger partial charge on any atom is 0.149 e. The number of aliphatic hydroxyl groups is 3. The number of hydrogen-bond donors (Lipinski definition) is 5. The quantitative estimate of drug-likeness (QED) is 0.382. The fourth-order valence-corrected chi connectivity index (χ4v) is 4.50. The molecule has 1 aliphatic heterocycles. The molecule has 1 heterocycles. The van der Waals surface area contributed by atoms with Crippen LogP contribution in [0.25, 0.3) is 0 Å². The Morgan fingerprint density at radius 2 is 2.07 bits per heavy atom. The van der Waals surface area contributed by atoms with Crippen LogP contribution in [0, 0.1) is 5.41 Å². The van der Waals surface area contributed by atoms with Gasteiger partial charge in [0.1, 0.15) is 18.0 Å². The number of halogens is 1. The summed E-state index contributed by atoms with van der Waals surface area (Å²) in [4.78, 5) is 4.54. The van der Waals surface area contributed by atoms with Gasteiger partial charge in [0.25, 0.3) is 0 Å². The van der Waals surface area contributed by atoms with Crippen molar-refractivity contribution in [1.29, 1.82) is 5.41 Å². The minimum absolute atomic E-state index is 0.0932. The van der Waals surface area contributed by atoms with E-state index in [9.17, 15) is 10.2 Å². The van der Waals surface area contributed by atoms with E-state index in [1.54, 1.807) is 11.8 Å². The summed E-state index contributed by atoms with van der Waals surface area (Å²) in [5, 5.41) is 41.5. The van der Waals surface area contributed by atoms with Crippen molar-refractivity contribution in [2.24, 2.45) is 4.99 Å². The van der Waals surface area contributed by atoms with Crippen molar-refractivity contribution >= 4 is 34.9 Å². The maximum absolute atomic E-state index is 10.3. The molecule has 7 nitrogen and oxygen atoms in total. The third-order valence-electron chi connectivity index (χ3n) is 4.74. The molecule has 5 atom stereocenters. The Morgan fingerprint density at radius 1 is 1.33 bits per heavy atom. The molecule has 1 saturated carbocycles. The molecule has 2 aliphatic rings. The Kier molecular flexibility index (Phi) is 9.04. The molecule has 0 radical (unpaired) electrons. The SMILES string of the molecule is CCCSC1=C(CC)CC(Cl)C(=N)C(=NC2CC(OCCO)C(O)C2O)N1. The van der Waals surface area contributed by atoms with E-state index in [1.165, 1.54) is 5.57 Å². The molecule has 154 valence electrons. The average Bonchev–Trinajstić information content (AvgIpc) is 2.86. The fourth-order valence-electron chi connectivity index (χ4n) is 3.20. The van der Waals surface area contributed by atoms with E-state index in [4.69, 9.17) is 26.9 Å². The number of hydrogen-bond acceptors (Lipinski definition) is 7. The molecule has 5 unspecified atom stereocenters. The maximum atomic E-state index is 10.3. The third-order valence-corrected chi connectivity index (χ3v) is 6.41. The van der Waals surface area contributed by atoms with E-state index in [-0.39, 0.29) is 18.9 Å². The van der Waals surface area contributed by atoms with Gasteiger partial charge in [-0.2, -0.15) is 0 Å². The van der Waals surface area contributed by atoms with Gasteiger partial charge in [0, 0.05) is 6.42 Å². The number of aliphatic hydroxyl groups excluding tert-OH is 3. The second-order valence-electron chi connectivity index (χ2n) is 6.74. The molecule has 0 aromatic rings. The highest BCUT2D eigenvalue weighted by Crippen LogP contribution is 2.30. The number of thioether (sulfide) groups is 1. The smallest absolute Gasteiger partial charge is 0.149 e. The Labute approximate surface area is 169 Å². The van der Waals surface area contributed by atoms with Crippen LogP contribution in [0.3, 0.4) is 0 Å². The van der Waals surface area contributed by atoms with Crippen molar-refractivity contribution in [3.8, 4) is 0 Å². The lowest BCUT2D eigenvalue weighted by molar-refractivity contribution is -0.0615. The summed E-state index contributed by atoms with van der Waals surface area (Å²) in [6.45, 7) is 4.12. The highest BCUT2D eigenvalue weighted by Gasteiger charge is 2.43. The first kappa shape index (κ1) is 22.6. The minimum Gasteiger partial charge on any atom is -0.394 e. The molecule has 0 aromatic carbocycles. The van der Waals surface area contributed by atoms with Crippen LogP contribution in [0.2, 0.25) is 0 Å². The van der Waals surface area contributed by atoms with Crippen LogP contribution in [-0.4, -0.2) is 75.6 Å². The van der Waals surface area contributed by atoms with E-state index in [2.05, 4.69) is 24.2 Å². The monoisotopic (exact) mass is 419 g/mol. The number of allylic oxidation sites excluding steroid dienone is 1. The van der Waals surface area contributed by atoms with Gasteiger partial charge in [-0.1, -0.05) is 13.8 Å². The van der Waals surface area contributed by atoms with Crippen LogP contribution in [0.4, 0.5) is 0 Å². The molecule has 5 N–H and O–H groups in total. The number of nitrogens with zero attached hydrogens (tertiary/aromatic N) is 1. The van der Waals surface area contributed by atoms with Gasteiger partial charge in [-0.3, -0.25) is 10.4 Å². The lowest BCUT2D eigenvalue weighted by Crippen LogP contribution is -2.37. The van der Waals surface area contributed by atoms with Crippen LogP contribution in [-0.2, 0) is 4.74 Å². The first-order chi connectivity index (χ1) is 12.9. The van der Waals surface area contributed by atoms with E-state index in [0.29, 0.717) is 18.7 Å². The van der Waals surface area contributed by atoms with E-state index < -0.39 is 29.7 Å². The van der Waals surface area contributed by atoms with Crippen molar-refractivity contribution in [3.63, 3.8) is 0 Å². The van der Waals surface area contributed by atoms with Gasteiger partial charge in [0.15, 0.2) is 0 Å². The standard InChI is InChI=1S/C18H30ClN3O4S/c1-3-7-27-18-10(4-2)8-11(19)14(20)17(22-18)21-12-9-13(26-6-5-23)16(25)15(12)24/h11-13,15-16,20,23-25H,3-9H2,1-2H3,(H,21,22). The molecule has 0 saturated heterocycles. The summed E-state index contributed by atoms with van der Waals surface area (Å²) < 4.78 is 5.39. The van der Waals surface area contributed by atoms with Crippen molar-refractivity contribution in [2.75, 3.05) is 19.0 Å². The van der Waals surface area contributed by atoms with E-state index in [0.717, 1.165) is 23.6 Å². The molecule has 0 spiro atoms. The summed E-state index contributed by atoms with van der Waals surface area (Å²) >= 11 is 8.12. The minimum atomic E-state index is -1.09. The second-order valence-corrected chi connectivity index (χ2v) is 8.37. The number of aliphatic imine (C=N–C) groups is 1. The van der Waals surface area contributed by atoms with Gasteiger partial charge < -0.3 is 25.4 Å². The van der Waals surface area contributed by atoms with E-state index >= 15 is 0 Å². The fraction of sp³-hybridized carbons (Fsp3) is 0.778. The molecular weight excluding hydrogens is 390 g/mol. The van der Waals surface area contributed by atoms with E-state index in [1.807, 2.05) is 0 Å². The van der Waals surface area contributed by atoms with Crippen molar-refractivity contribution in [2.45, 2.75) is 69.3 Å². The average molecular weight is 420 g/mol. The Hall–Kier alpha value is -0.640. The second kappa shape index (κ2) is 10.8. The number of nitrogens with one attached hydrogen (secondary N) is 2. The molecule has 27 heavy (non-hydrogen) atoms. The normalized spacial score (nSPS) is 33.5. The van der Waals surface area contributed by atoms with Crippen LogP contribution < -0.4 is 5.32 Å². The molecule has 0 aromatic heterocycles. The molecular formula is C18H30ClN3O4S. The molecule has 1 aliphatic carbocycles. The largest absolute Gasteiger partial charge is 0.394 e. The predicted molar refractivity (Wildman–Crippen MR) is 110 cm³/mol. The molecule has 9 heteroatoms. The van der Waals surface area contributed by atoms with Crippen molar-refractivity contribution in [3.05, 3.63) is 10.6 Å². The zero-order valence-electron chi connectivity index (χ0n) is 15.8. The topological polar surface area (TPSA) is 118 Å². The summed E-state index contributed by atoms with van der Waals surface area (Å²) in [5.74, 6) is 1.29. The van der Waals surface area contributed by atoms with Gasteiger partial charge in [-0.05, 0) is 30.6 Å². The van der Waals surface area contributed by atoms with Crippen molar-refractivity contribution < 1.29 is 20.1 Å². The third kappa shape index (κ3) is 5.68. The Balaban J connectivity index is 2.23. The highest BCUT2D eigenvalue weighted by atomic mass is 35.5. The molecule has 1 fully saturated rings. The van der Waals surface area contributed by atoms with Gasteiger partial charge in [0.2, 0.25) is 0 Å². The van der Waals surface area contributed by atoms with Crippen LogP contribution in [0.5, 0.6) is 0 Å². The predicted octanol–water partition coefficient (Wildman–Crippen LogP) is 1.64. The van der Waals surface area contributed by atoms with Gasteiger partial charge >= 0.3 is 0 Å². The lowest BCUT2D eigenvalue weighted by atomic mass is 10.1. The zero-order chi connectivity index (χ0) is 20.0. The number of rotatable bonds is 8.